The summed E-state index contributed by atoms with van der Waals surface area (Å²) in [7, 11) is 3.51. The van der Waals surface area contributed by atoms with Gasteiger partial charge in [0, 0.05) is 45.0 Å². The third kappa shape index (κ3) is 5.27. The van der Waals surface area contributed by atoms with Crippen LogP contribution in [0.25, 0.3) is 0 Å². The molecule has 1 saturated heterocycles. The molecule has 0 amide bonds. The summed E-state index contributed by atoms with van der Waals surface area (Å²) in [6.07, 6.45) is 0. The molecule has 1 aromatic carbocycles. The molecule has 0 aliphatic carbocycles. The lowest BCUT2D eigenvalue weighted by molar-refractivity contribution is 0.368. The van der Waals surface area contributed by atoms with Crippen LogP contribution in [0.2, 0.25) is 0 Å². The molecular weight excluding hydrogens is 457 g/mol. The van der Waals surface area contributed by atoms with E-state index in [1.807, 2.05) is 33.0 Å². The van der Waals surface area contributed by atoms with Crippen LogP contribution in [0.15, 0.2) is 33.7 Å². The molecular formula is C19H28IN5O2. The van der Waals surface area contributed by atoms with Crippen LogP contribution < -0.4 is 15.0 Å². The van der Waals surface area contributed by atoms with Crippen molar-refractivity contribution < 1.29 is 9.15 Å². The topological polar surface area (TPSA) is 66.1 Å². The molecule has 1 fully saturated rings. The SMILES string of the molecule is CN=C(NCc1nc(C)c(C)o1)N1CCN(c2cccc(OC)c2)CC1.I. The van der Waals surface area contributed by atoms with Gasteiger partial charge < -0.3 is 24.3 Å². The first-order chi connectivity index (χ1) is 12.6. The fraction of sp³-hybridized carbons (Fsp3) is 0.474. The van der Waals surface area contributed by atoms with Gasteiger partial charge in [0.15, 0.2) is 5.96 Å². The summed E-state index contributed by atoms with van der Waals surface area (Å²) in [4.78, 5) is 13.4. The van der Waals surface area contributed by atoms with Crippen molar-refractivity contribution in [3.05, 3.63) is 41.6 Å². The largest absolute Gasteiger partial charge is 0.497 e. The number of piperazine rings is 1. The summed E-state index contributed by atoms with van der Waals surface area (Å²) in [6, 6.07) is 8.20. The van der Waals surface area contributed by atoms with Crippen LogP contribution in [0.5, 0.6) is 5.75 Å². The highest BCUT2D eigenvalue weighted by Gasteiger charge is 2.20. The number of oxazole rings is 1. The Hall–Kier alpha value is -1.97. The number of anilines is 1. The standard InChI is InChI=1S/C19H27N5O2.HI/c1-14-15(2)26-18(22-14)13-21-19(20-3)24-10-8-23(9-11-24)16-6-5-7-17(12-16)25-4;/h5-7,12H,8-11,13H2,1-4H3,(H,20,21);1H. The fourth-order valence-electron chi connectivity index (χ4n) is 3.09. The molecule has 1 N–H and O–H groups in total. The van der Waals surface area contributed by atoms with Gasteiger partial charge in [-0.2, -0.15) is 0 Å². The molecule has 0 bridgehead atoms. The van der Waals surface area contributed by atoms with Crippen LogP contribution in [0, 0.1) is 13.8 Å². The maximum Gasteiger partial charge on any atom is 0.214 e. The second-order valence-corrected chi connectivity index (χ2v) is 6.33. The molecule has 0 saturated carbocycles. The highest BCUT2D eigenvalue weighted by molar-refractivity contribution is 14.0. The van der Waals surface area contributed by atoms with Crippen LogP contribution in [-0.2, 0) is 6.54 Å². The minimum absolute atomic E-state index is 0. The van der Waals surface area contributed by atoms with Crippen LogP contribution in [0.4, 0.5) is 5.69 Å². The zero-order valence-electron chi connectivity index (χ0n) is 16.4. The van der Waals surface area contributed by atoms with Gasteiger partial charge in [-0.1, -0.05) is 6.07 Å². The Morgan fingerprint density at radius 1 is 1.26 bits per heavy atom. The van der Waals surface area contributed by atoms with Crippen molar-refractivity contribution in [3.63, 3.8) is 0 Å². The molecule has 27 heavy (non-hydrogen) atoms. The Labute approximate surface area is 177 Å². The number of nitrogens with zero attached hydrogens (tertiary/aromatic N) is 4. The Morgan fingerprint density at radius 3 is 2.59 bits per heavy atom. The Bertz CT molecular complexity index is 750. The van der Waals surface area contributed by atoms with Gasteiger partial charge in [0.25, 0.3) is 0 Å². The van der Waals surface area contributed by atoms with Crippen molar-refractivity contribution in [1.82, 2.24) is 15.2 Å². The van der Waals surface area contributed by atoms with E-state index >= 15 is 0 Å². The number of guanidine groups is 1. The van der Waals surface area contributed by atoms with E-state index in [1.54, 1.807) is 7.11 Å². The number of aromatic nitrogens is 1. The number of hydrogen-bond donors (Lipinski definition) is 1. The molecule has 2 heterocycles. The third-order valence-corrected chi connectivity index (χ3v) is 4.68. The van der Waals surface area contributed by atoms with Gasteiger partial charge in [-0.25, -0.2) is 4.98 Å². The monoisotopic (exact) mass is 485 g/mol. The zero-order valence-corrected chi connectivity index (χ0v) is 18.7. The molecule has 8 heteroatoms. The van der Waals surface area contributed by atoms with E-state index in [1.165, 1.54) is 5.69 Å². The molecule has 2 aromatic rings. The van der Waals surface area contributed by atoms with Crippen LogP contribution in [0.3, 0.4) is 0 Å². The van der Waals surface area contributed by atoms with E-state index in [0.717, 1.165) is 49.3 Å². The molecule has 0 spiro atoms. The van der Waals surface area contributed by atoms with E-state index in [9.17, 15) is 0 Å². The summed E-state index contributed by atoms with van der Waals surface area (Å²) in [5, 5.41) is 3.35. The van der Waals surface area contributed by atoms with Gasteiger partial charge in [-0.15, -0.1) is 24.0 Å². The molecule has 0 radical (unpaired) electrons. The lowest BCUT2D eigenvalue weighted by Crippen LogP contribution is -2.52. The predicted molar refractivity (Wildman–Crippen MR) is 118 cm³/mol. The van der Waals surface area contributed by atoms with Crippen molar-refractivity contribution in [2.45, 2.75) is 20.4 Å². The molecule has 3 rings (SSSR count). The number of rotatable bonds is 4. The molecule has 1 aliphatic heterocycles. The fourth-order valence-corrected chi connectivity index (χ4v) is 3.09. The predicted octanol–water partition coefficient (Wildman–Crippen LogP) is 2.82. The quantitative estimate of drug-likeness (QED) is 0.408. The van der Waals surface area contributed by atoms with E-state index in [2.05, 4.69) is 37.2 Å². The number of ether oxygens (including phenoxy) is 1. The second-order valence-electron chi connectivity index (χ2n) is 6.33. The summed E-state index contributed by atoms with van der Waals surface area (Å²) in [6.45, 7) is 8.10. The Morgan fingerprint density at radius 2 is 2.00 bits per heavy atom. The Kier molecular flexibility index (Phi) is 7.76. The first kappa shape index (κ1) is 21.3. The van der Waals surface area contributed by atoms with Crippen molar-refractivity contribution >= 4 is 35.6 Å². The maximum atomic E-state index is 5.63. The second kappa shape index (κ2) is 9.82. The highest BCUT2D eigenvalue weighted by atomic mass is 127. The molecule has 1 aromatic heterocycles. The number of aliphatic imine (C=N–C) groups is 1. The molecule has 0 unspecified atom stereocenters. The van der Waals surface area contributed by atoms with Crippen LogP contribution in [-0.4, -0.2) is 56.2 Å². The van der Waals surface area contributed by atoms with Gasteiger partial charge in [0.2, 0.25) is 5.89 Å². The lowest BCUT2D eigenvalue weighted by Gasteiger charge is -2.37. The number of methoxy groups -OCH3 is 1. The van der Waals surface area contributed by atoms with Gasteiger partial charge in [0.1, 0.15) is 11.5 Å². The van der Waals surface area contributed by atoms with Gasteiger partial charge in [0.05, 0.1) is 19.3 Å². The molecule has 7 nitrogen and oxygen atoms in total. The maximum absolute atomic E-state index is 5.63. The van der Waals surface area contributed by atoms with Crippen LogP contribution in [0.1, 0.15) is 17.3 Å². The van der Waals surface area contributed by atoms with E-state index in [-0.39, 0.29) is 24.0 Å². The van der Waals surface area contributed by atoms with Crippen molar-refractivity contribution in [2.24, 2.45) is 4.99 Å². The summed E-state index contributed by atoms with van der Waals surface area (Å²) in [5.41, 5.74) is 2.13. The first-order valence-corrected chi connectivity index (χ1v) is 8.88. The number of aryl methyl sites for hydroxylation is 2. The van der Waals surface area contributed by atoms with Crippen LogP contribution >= 0.6 is 24.0 Å². The number of hydrogen-bond acceptors (Lipinski definition) is 5. The van der Waals surface area contributed by atoms with Crippen molar-refractivity contribution in [2.75, 3.05) is 45.2 Å². The number of benzene rings is 1. The van der Waals surface area contributed by atoms with E-state index < -0.39 is 0 Å². The average Bonchev–Trinajstić information content (AvgIpc) is 3.00. The summed E-state index contributed by atoms with van der Waals surface area (Å²) in [5.74, 6) is 3.32. The van der Waals surface area contributed by atoms with Gasteiger partial charge >= 0.3 is 0 Å². The molecule has 148 valence electrons. The summed E-state index contributed by atoms with van der Waals surface area (Å²) < 4.78 is 11.0. The first-order valence-electron chi connectivity index (χ1n) is 8.88. The number of halogens is 1. The molecule has 0 atom stereocenters. The van der Waals surface area contributed by atoms with Gasteiger partial charge in [-0.05, 0) is 26.0 Å². The highest BCUT2D eigenvalue weighted by Crippen LogP contribution is 2.22. The minimum Gasteiger partial charge on any atom is -0.497 e. The zero-order chi connectivity index (χ0) is 18.5. The summed E-state index contributed by atoms with van der Waals surface area (Å²) >= 11 is 0. The van der Waals surface area contributed by atoms with E-state index in [0.29, 0.717) is 12.4 Å². The smallest absolute Gasteiger partial charge is 0.214 e. The molecule has 1 aliphatic rings. The van der Waals surface area contributed by atoms with Crippen molar-refractivity contribution in [1.29, 1.82) is 0 Å². The van der Waals surface area contributed by atoms with Crippen molar-refractivity contribution in [3.8, 4) is 5.75 Å². The Balaban J connectivity index is 0.00000261. The third-order valence-electron chi connectivity index (χ3n) is 4.68. The van der Waals surface area contributed by atoms with E-state index in [4.69, 9.17) is 9.15 Å². The lowest BCUT2D eigenvalue weighted by atomic mass is 10.2. The average molecular weight is 485 g/mol. The minimum atomic E-state index is 0. The number of nitrogens with one attached hydrogen (secondary N) is 1. The normalized spacial score (nSPS) is 14.7. The van der Waals surface area contributed by atoms with Gasteiger partial charge in [-0.3, -0.25) is 4.99 Å².